The maximum absolute atomic E-state index is 13.5. The molecule has 1 heterocycles. The molecule has 5 nitrogen and oxygen atoms in total. The maximum Gasteiger partial charge on any atom is 0.250 e. The molecule has 0 radical (unpaired) electrons. The van der Waals surface area contributed by atoms with E-state index in [1.54, 1.807) is 23.1 Å². The van der Waals surface area contributed by atoms with E-state index in [-0.39, 0.29) is 5.91 Å². The first-order valence-corrected chi connectivity index (χ1v) is 11.6. The summed E-state index contributed by atoms with van der Waals surface area (Å²) in [5, 5.41) is 0.430. The minimum absolute atomic E-state index is 0.209. The van der Waals surface area contributed by atoms with Crippen molar-refractivity contribution in [2.75, 3.05) is 22.0 Å². The van der Waals surface area contributed by atoms with Crippen LogP contribution >= 0.6 is 11.6 Å². The number of benzene rings is 2. The van der Waals surface area contributed by atoms with E-state index in [1.807, 2.05) is 38.1 Å². The Bertz CT molecular complexity index is 991. The molecule has 0 spiro atoms. The van der Waals surface area contributed by atoms with Gasteiger partial charge in [-0.05, 0) is 55.5 Å². The molecule has 0 unspecified atom stereocenters. The van der Waals surface area contributed by atoms with Crippen molar-refractivity contribution in [2.24, 2.45) is 0 Å². The average Bonchev–Trinajstić information content (AvgIpc) is 2.66. The SMILES string of the molecule is CC[C@H](C(=O)N1CCCc2ccccc21)N(c1cc(Cl)ccc1C)S(C)(=O)=O. The van der Waals surface area contributed by atoms with Gasteiger partial charge < -0.3 is 4.90 Å². The fourth-order valence-electron chi connectivity index (χ4n) is 3.78. The van der Waals surface area contributed by atoms with E-state index in [2.05, 4.69) is 0 Å². The van der Waals surface area contributed by atoms with Crippen molar-refractivity contribution in [1.82, 2.24) is 0 Å². The summed E-state index contributed by atoms with van der Waals surface area (Å²) in [5.41, 5.74) is 3.18. The fourth-order valence-corrected chi connectivity index (χ4v) is 5.20. The van der Waals surface area contributed by atoms with Crippen molar-refractivity contribution >= 4 is 38.9 Å². The highest BCUT2D eigenvalue weighted by Gasteiger charge is 2.36. The summed E-state index contributed by atoms with van der Waals surface area (Å²) >= 11 is 6.14. The lowest BCUT2D eigenvalue weighted by Gasteiger charge is -2.37. The van der Waals surface area contributed by atoms with Gasteiger partial charge >= 0.3 is 0 Å². The van der Waals surface area contributed by atoms with Gasteiger partial charge in [0.25, 0.3) is 5.91 Å². The molecule has 1 amide bonds. The molecule has 28 heavy (non-hydrogen) atoms. The number of carbonyl (C=O) groups excluding carboxylic acids is 1. The Balaban J connectivity index is 2.07. The molecule has 0 saturated heterocycles. The Kier molecular flexibility index (Phi) is 6.01. The summed E-state index contributed by atoms with van der Waals surface area (Å²) in [4.78, 5) is 15.3. The summed E-state index contributed by atoms with van der Waals surface area (Å²) in [7, 11) is -3.70. The number of aryl methyl sites for hydroxylation is 2. The molecule has 1 aliphatic rings. The third-order valence-electron chi connectivity index (χ3n) is 5.10. The van der Waals surface area contributed by atoms with Crippen LogP contribution in [0.3, 0.4) is 0 Å². The molecular weight excluding hydrogens is 396 g/mol. The molecule has 1 aliphatic heterocycles. The van der Waals surface area contributed by atoms with Gasteiger partial charge in [0, 0.05) is 17.3 Å². The molecule has 0 saturated carbocycles. The van der Waals surface area contributed by atoms with Gasteiger partial charge in [-0.2, -0.15) is 0 Å². The first-order valence-electron chi connectivity index (χ1n) is 9.39. The molecule has 2 aromatic carbocycles. The number of hydrogen-bond donors (Lipinski definition) is 0. The van der Waals surface area contributed by atoms with E-state index >= 15 is 0 Å². The second-order valence-corrected chi connectivity index (χ2v) is 9.43. The number of para-hydroxylation sites is 1. The Hall–Kier alpha value is -2.05. The van der Waals surface area contributed by atoms with Crippen LogP contribution < -0.4 is 9.21 Å². The molecular formula is C21H25ClN2O3S. The first kappa shape index (κ1) is 20.7. The number of halogens is 1. The van der Waals surface area contributed by atoms with Crippen LogP contribution in [0.4, 0.5) is 11.4 Å². The van der Waals surface area contributed by atoms with Crippen molar-refractivity contribution in [1.29, 1.82) is 0 Å². The van der Waals surface area contributed by atoms with Crippen molar-refractivity contribution in [3.8, 4) is 0 Å². The smallest absolute Gasteiger partial charge is 0.250 e. The molecule has 0 bridgehead atoms. The maximum atomic E-state index is 13.5. The Morgan fingerprint density at radius 3 is 2.64 bits per heavy atom. The average molecular weight is 421 g/mol. The number of carbonyl (C=O) groups is 1. The lowest BCUT2D eigenvalue weighted by molar-refractivity contribution is -0.119. The molecule has 0 aromatic heterocycles. The zero-order valence-electron chi connectivity index (χ0n) is 16.4. The highest BCUT2D eigenvalue weighted by atomic mass is 35.5. The molecule has 0 aliphatic carbocycles. The topological polar surface area (TPSA) is 57.7 Å². The largest absolute Gasteiger partial charge is 0.310 e. The minimum atomic E-state index is -3.70. The van der Waals surface area contributed by atoms with Gasteiger partial charge in [-0.25, -0.2) is 8.42 Å². The van der Waals surface area contributed by atoms with Crippen molar-refractivity contribution in [3.63, 3.8) is 0 Å². The summed E-state index contributed by atoms with van der Waals surface area (Å²) in [6, 6.07) is 12.1. The van der Waals surface area contributed by atoms with Crippen LogP contribution in [0.15, 0.2) is 42.5 Å². The summed E-state index contributed by atoms with van der Waals surface area (Å²) in [5.74, 6) is -0.209. The summed E-state index contributed by atoms with van der Waals surface area (Å²) in [6.45, 7) is 4.23. The third kappa shape index (κ3) is 4.03. The van der Waals surface area contributed by atoms with E-state index in [4.69, 9.17) is 11.6 Å². The lowest BCUT2D eigenvalue weighted by atomic mass is 10.0. The standard InChI is InChI=1S/C21H25ClN2O3S/c1-4-18(21(25)23-13-7-9-16-8-5-6-10-19(16)23)24(28(3,26)27)20-14-17(22)12-11-15(20)2/h5-6,8,10-12,14,18H,4,7,9,13H2,1-3H3/t18-/m1/s1. The van der Waals surface area contributed by atoms with Gasteiger partial charge in [0.2, 0.25) is 10.0 Å². The van der Waals surface area contributed by atoms with Crippen LogP contribution in [-0.2, 0) is 21.2 Å². The van der Waals surface area contributed by atoms with Crippen LogP contribution in [0.1, 0.15) is 30.9 Å². The highest BCUT2D eigenvalue weighted by molar-refractivity contribution is 7.92. The number of sulfonamides is 1. The number of rotatable bonds is 5. The molecule has 0 N–H and O–H groups in total. The van der Waals surface area contributed by atoms with Crippen LogP contribution in [0, 0.1) is 6.92 Å². The lowest BCUT2D eigenvalue weighted by Crippen LogP contribution is -2.52. The van der Waals surface area contributed by atoms with Gasteiger partial charge in [-0.15, -0.1) is 0 Å². The first-order chi connectivity index (χ1) is 13.2. The highest BCUT2D eigenvalue weighted by Crippen LogP contribution is 2.32. The van der Waals surface area contributed by atoms with E-state index in [0.717, 1.165) is 35.9 Å². The van der Waals surface area contributed by atoms with Gasteiger partial charge in [0.05, 0.1) is 11.9 Å². The van der Waals surface area contributed by atoms with Crippen molar-refractivity contribution < 1.29 is 13.2 Å². The minimum Gasteiger partial charge on any atom is -0.310 e. The fraction of sp³-hybridized carbons (Fsp3) is 0.381. The molecule has 2 aromatic rings. The number of anilines is 2. The Labute approximate surface area is 172 Å². The van der Waals surface area contributed by atoms with Gasteiger partial charge in [-0.1, -0.05) is 42.8 Å². The number of fused-ring (bicyclic) bond motifs is 1. The predicted octanol–water partition coefficient (Wildman–Crippen LogP) is 4.17. The molecule has 3 rings (SSSR count). The van der Waals surface area contributed by atoms with Crippen LogP contribution in [0.25, 0.3) is 0 Å². The summed E-state index contributed by atoms with van der Waals surface area (Å²) < 4.78 is 26.7. The second-order valence-electron chi connectivity index (χ2n) is 7.14. The van der Waals surface area contributed by atoms with Crippen molar-refractivity contribution in [2.45, 2.75) is 39.2 Å². The van der Waals surface area contributed by atoms with Gasteiger partial charge in [0.15, 0.2) is 0 Å². The number of nitrogens with zero attached hydrogens (tertiary/aromatic N) is 2. The monoisotopic (exact) mass is 420 g/mol. The van der Waals surface area contributed by atoms with Crippen LogP contribution in [0.2, 0.25) is 5.02 Å². The number of amides is 1. The zero-order valence-corrected chi connectivity index (χ0v) is 17.9. The predicted molar refractivity (Wildman–Crippen MR) is 115 cm³/mol. The van der Waals surface area contributed by atoms with E-state index in [9.17, 15) is 13.2 Å². The molecule has 150 valence electrons. The Morgan fingerprint density at radius 1 is 1.25 bits per heavy atom. The van der Waals surface area contributed by atoms with E-state index in [1.165, 1.54) is 4.31 Å². The Morgan fingerprint density at radius 2 is 1.96 bits per heavy atom. The number of hydrogen-bond acceptors (Lipinski definition) is 3. The summed E-state index contributed by atoms with van der Waals surface area (Å²) in [6.07, 6.45) is 3.26. The van der Waals surface area contributed by atoms with Crippen LogP contribution in [0.5, 0.6) is 0 Å². The molecule has 0 fully saturated rings. The van der Waals surface area contributed by atoms with E-state index in [0.29, 0.717) is 23.7 Å². The molecule has 7 heteroatoms. The third-order valence-corrected chi connectivity index (χ3v) is 6.50. The second kappa shape index (κ2) is 8.13. The van der Waals surface area contributed by atoms with Crippen molar-refractivity contribution in [3.05, 3.63) is 58.6 Å². The zero-order chi connectivity index (χ0) is 20.5. The normalized spacial score (nSPS) is 15.1. The molecule has 1 atom stereocenters. The van der Waals surface area contributed by atoms with Crippen LogP contribution in [-0.4, -0.2) is 33.2 Å². The van der Waals surface area contributed by atoms with Gasteiger partial charge in [0.1, 0.15) is 6.04 Å². The van der Waals surface area contributed by atoms with Gasteiger partial charge in [-0.3, -0.25) is 9.10 Å². The quantitative estimate of drug-likeness (QED) is 0.729. The van der Waals surface area contributed by atoms with E-state index < -0.39 is 16.1 Å².